The van der Waals surface area contributed by atoms with Gasteiger partial charge in [0.15, 0.2) is 5.16 Å². The van der Waals surface area contributed by atoms with Crippen molar-refractivity contribution < 1.29 is 0 Å². The fraction of sp³-hybridized carbons (Fsp3) is 0.231. The van der Waals surface area contributed by atoms with Gasteiger partial charge in [0.05, 0.1) is 5.69 Å². The van der Waals surface area contributed by atoms with E-state index in [1.807, 2.05) is 42.2 Å². The van der Waals surface area contributed by atoms with Gasteiger partial charge in [-0.15, -0.1) is 0 Å². The summed E-state index contributed by atoms with van der Waals surface area (Å²) in [5.74, 6) is 0. The first-order valence-corrected chi connectivity index (χ1v) is 6.92. The Morgan fingerprint density at radius 3 is 2.95 bits per heavy atom. The van der Waals surface area contributed by atoms with E-state index in [0.717, 1.165) is 27.9 Å². The summed E-state index contributed by atoms with van der Waals surface area (Å²) in [6.07, 6.45) is 6.55. The lowest BCUT2D eigenvalue weighted by atomic mass is 10.3. The third-order valence-electron chi connectivity index (χ3n) is 2.94. The second kappa shape index (κ2) is 5.07. The van der Waals surface area contributed by atoms with Crippen LogP contribution < -0.4 is 5.73 Å². The average molecular weight is 273 g/mol. The molecule has 3 aromatic rings. The number of rotatable bonds is 4. The third kappa shape index (κ3) is 2.24. The molecule has 0 unspecified atom stereocenters. The quantitative estimate of drug-likeness (QED) is 0.786. The van der Waals surface area contributed by atoms with Crippen molar-refractivity contribution in [2.75, 3.05) is 6.54 Å². The molecule has 0 bridgehead atoms. The first-order valence-electron chi connectivity index (χ1n) is 6.11. The zero-order valence-corrected chi connectivity index (χ0v) is 11.5. The van der Waals surface area contributed by atoms with Crippen molar-refractivity contribution in [3.05, 3.63) is 42.5 Å². The van der Waals surface area contributed by atoms with Crippen molar-refractivity contribution in [3.8, 4) is 0 Å². The van der Waals surface area contributed by atoms with E-state index in [2.05, 4.69) is 14.4 Å². The molecule has 0 aromatic carbocycles. The molecule has 5 nitrogen and oxygen atoms in total. The van der Waals surface area contributed by atoms with E-state index in [1.165, 1.54) is 0 Å². The highest BCUT2D eigenvalue weighted by molar-refractivity contribution is 7.99. The van der Waals surface area contributed by atoms with Gasteiger partial charge < -0.3 is 14.7 Å². The maximum Gasteiger partial charge on any atom is 0.174 e. The van der Waals surface area contributed by atoms with Gasteiger partial charge in [-0.05, 0) is 30.4 Å². The van der Waals surface area contributed by atoms with Gasteiger partial charge in [0, 0.05) is 32.1 Å². The lowest BCUT2D eigenvalue weighted by molar-refractivity contribution is 0.787. The fourth-order valence-corrected chi connectivity index (χ4v) is 2.96. The van der Waals surface area contributed by atoms with E-state index in [1.54, 1.807) is 18.0 Å². The van der Waals surface area contributed by atoms with Crippen LogP contribution in [0.3, 0.4) is 0 Å². The number of aromatic nitrogens is 4. The van der Waals surface area contributed by atoms with Crippen LogP contribution in [0.2, 0.25) is 0 Å². The van der Waals surface area contributed by atoms with Crippen molar-refractivity contribution in [1.82, 2.24) is 18.9 Å². The lowest BCUT2D eigenvalue weighted by Crippen LogP contribution is -2.06. The largest absolute Gasteiger partial charge is 0.330 e. The number of pyridine rings is 1. The number of nitrogens with zero attached hydrogens (tertiary/aromatic N) is 4. The predicted octanol–water partition coefficient (Wildman–Crippen LogP) is 1.72. The molecule has 6 heteroatoms. The van der Waals surface area contributed by atoms with Gasteiger partial charge in [-0.2, -0.15) is 0 Å². The van der Waals surface area contributed by atoms with Crippen molar-refractivity contribution >= 4 is 17.4 Å². The Bertz CT molecular complexity index is 700. The number of hydrogen-bond acceptors (Lipinski definition) is 4. The van der Waals surface area contributed by atoms with Gasteiger partial charge in [-0.25, -0.2) is 9.97 Å². The van der Waals surface area contributed by atoms with Gasteiger partial charge >= 0.3 is 0 Å². The molecule has 0 aliphatic heterocycles. The molecule has 0 fully saturated rings. The summed E-state index contributed by atoms with van der Waals surface area (Å²) in [6.45, 7) is 0.608. The second-order valence-corrected chi connectivity index (χ2v) is 5.21. The van der Waals surface area contributed by atoms with Gasteiger partial charge in [-0.3, -0.25) is 0 Å². The van der Waals surface area contributed by atoms with E-state index < -0.39 is 0 Å². The van der Waals surface area contributed by atoms with Crippen molar-refractivity contribution in [1.29, 1.82) is 0 Å². The molecular formula is C13H15N5S. The van der Waals surface area contributed by atoms with E-state index in [0.29, 0.717) is 6.54 Å². The highest BCUT2D eigenvalue weighted by Gasteiger charge is 2.14. The molecule has 3 rings (SSSR count). The Morgan fingerprint density at radius 2 is 2.21 bits per heavy atom. The molecule has 0 saturated carbocycles. The molecule has 98 valence electrons. The summed E-state index contributed by atoms with van der Waals surface area (Å²) in [6, 6.07) is 6.00. The minimum absolute atomic E-state index is 0.608. The molecular weight excluding hydrogens is 258 g/mol. The van der Waals surface area contributed by atoms with Crippen LogP contribution in [0.5, 0.6) is 0 Å². The molecule has 19 heavy (non-hydrogen) atoms. The Hall–Kier alpha value is -1.79. The molecule has 0 saturated heterocycles. The third-order valence-corrected chi connectivity index (χ3v) is 4.03. The first kappa shape index (κ1) is 12.3. The van der Waals surface area contributed by atoms with E-state index in [4.69, 9.17) is 5.73 Å². The van der Waals surface area contributed by atoms with Crippen LogP contribution in [0, 0.1) is 0 Å². The van der Waals surface area contributed by atoms with Crippen molar-refractivity contribution in [2.45, 2.75) is 16.6 Å². The Balaban J connectivity index is 2.07. The summed E-state index contributed by atoms with van der Waals surface area (Å²) >= 11 is 1.58. The molecule has 0 aliphatic carbocycles. The Labute approximate surface area is 115 Å². The molecule has 0 spiro atoms. The number of fused-ring (bicyclic) bond motifs is 1. The monoisotopic (exact) mass is 273 g/mol. The summed E-state index contributed by atoms with van der Waals surface area (Å²) in [5, 5.41) is 1.91. The van der Waals surface area contributed by atoms with Gasteiger partial charge in [0.1, 0.15) is 10.7 Å². The topological polar surface area (TPSA) is 61.1 Å². The number of nitrogens with two attached hydrogens (primary N) is 1. The highest BCUT2D eigenvalue weighted by atomic mass is 32.2. The van der Waals surface area contributed by atoms with E-state index in [-0.39, 0.29) is 0 Å². The highest BCUT2D eigenvalue weighted by Crippen LogP contribution is 2.29. The van der Waals surface area contributed by atoms with Gasteiger partial charge in [-0.1, -0.05) is 6.07 Å². The smallest absolute Gasteiger partial charge is 0.174 e. The standard InChI is InChI=1S/C13H15N5S/c1-17-9-7-15-13(17)19-12-10(5-6-14)18-8-3-2-4-11(18)16-12/h2-4,7-9H,5-6,14H2,1H3. The van der Waals surface area contributed by atoms with Gasteiger partial charge in [0.25, 0.3) is 0 Å². The molecule has 0 radical (unpaired) electrons. The summed E-state index contributed by atoms with van der Waals surface area (Å²) in [4.78, 5) is 8.99. The number of aryl methyl sites for hydroxylation is 1. The minimum atomic E-state index is 0.608. The average Bonchev–Trinajstić information content (AvgIpc) is 2.96. The zero-order valence-electron chi connectivity index (χ0n) is 10.7. The maximum absolute atomic E-state index is 5.71. The molecule has 0 amide bonds. The Morgan fingerprint density at radius 1 is 1.32 bits per heavy atom. The molecule has 2 N–H and O–H groups in total. The number of hydrogen-bond donors (Lipinski definition) is 1. The van der Waals surface area contributed by atoms with Crippen LogP contribution in [-0.4, -0.2) is 25.5 Å². The van der Waals surface area contributed by atoms with Crippen molar-refractivity contribution in [3.63, 3.8) is 0 Å². The Kier molecular flexibility index (Phi) is 3.27. The predicted molar refractivity (Wildman–Crippen MR) is 75.3 cm³/mol. The van der Waals surface area contributed by atoms with Gasteiger partial charge in [0.2, 0.25) is 0 Å². The van der Waals surface area contributed by atoms with Crippen LogP contribution in [0.25, 0.3) is 5.65 Å². The van der Waals surface area contributed by atoms with Crippen molar-refractivity contribution in [2.24, 2.45) is 12.8 Å². The molecule has 3 aromatic heterocycles. The van der Waals surface area contributed by atoms with Crippen LogP contribution in [0.1, 0.15) is 5.69 Å². The second-order valence-electron chi connectivity index (χ2n) is 4.25. The molecule has 3 heterocycles. The maximum atomic E-state index is 5.71. The normalized spacial score (nSPS) is 11.3. The van der Waals surface area contributed by atoms with E-state index >= 15 is 0 Å². The molecule has 0 aliphatic rings. The SMILES string of the molecule is Cn1ccnc1Sc1nc2ccccn2c1CCN. The lowest BCUT2D eigenvalue weighted by Gasteiger charge is -2.03. The summed E-state index contributed by atoms with van der Waals surface area (Å²) in [5.41, 5.74) is 7.80. The molecule has 0 atom stereocenters. The fourth-order valence-electron chi connectivity index (χ4n) is 2.01. The zero-order chi connectivity index (χ0) is 13.2. The first-order chi connectivity index (χ1) is 9.29. The minimum Gasteiger partial charge on any atom is -0.330 e. The van der Waals surface area contributed by atoms with E-state index in [9.17, 15) is 0 Å². The van der Waals surface area contributed by atoms with Crippen LogP contribution in [0.15, 0.2) is 47.0 Å². The van der Waals surface area contributed by atoms with Crippen LogP contribution in [0.4, 0.5) is 0 Å². The summed E-state index contributed by atoms with van der Waals surface area (Å²) < 4.78 is 4.08. The van der Waals surface area contributed by atoms with Crippen LogP contribution >= 0.6 is 11.8 Å². The summed E-state index contributed by atoms with van der Waals surface area (Å²) in [7, 11) is 1.98. The number of imidazole rings is 2. The van der Waals surface area contributed by atoms with Crippen LogP contribution in [-0.2, 0) is 13.5 Å².